The highest BCUT2D eigenvalue weighted by Gasteiger charge is 2.29. The average molecular weight is 346 g/mol. The number of nitrogens with zero attached hydrogens (tertiary/aromatic N) is 1. The second kappa shape index (κ2) is 6.84. The first-order chi connectivity index (χ1) is 12.7. The van der Waals surface area contributed by atoms with Crippen LogP contribution >= 0.6 is 0 Å². The van der Waals surface area contributed by atoms with Crippen molar-refractivity contribution in [3.63, 3.8) is 0 Å². The van der Waals surface area contributed by atoms with E-state index in [9.17, 15) is 9.59 Å². The standard InChI is InChI=1S/C20H18N4O2/c25-19(13-7-8-13)22-17-6-2-4-15(12-17)20(26)23-16-5-1-3-14(11-16)18-9-10-21-24-18/h1-6,9-13H,7-8H2,(H,21,24)(H,22,25)(H,23,26). The molecule has 6 nitrogen and oxygen atoms in total. The van der Waals surface area contributed by atoms with E-state index >= 15 is 0 Å². The Labute approximate surface area is 150 Å². The van der Waals surface area contributed by atoms with E-state index in [0.717, 1.165) is 24.1 Å². The molecule has 130 valence electrons. The second-order valence-electron chi connectivity index (χ2n) is 6.35. The van der Waals surface area contributed by atoms with Crippen molar-refractivity contribution < 1.29 is 9.59 Å². The van der Waals surface area contributed by atoms with Crippen molar-refractivity contribution in [2.24, 2.45) is 5.92 Å². The minimum atomic E-state index is -0.228. The Kier molecular flexibility index (Phi) is 4.23. The molecule has 1 aliphatic rings. The topological polar surface area (TPSA) is 86.9 Å². The minimum Gasteiger partial charge on any atom is -0.326 e. The molecule has 2 aromatic carbocycles. The van der Waals surface area contributed by atoms with Crippen LogP contribution in [-0.2, 0) is 4.79 Å². The van der Waals surface area contributed by atoms with Gasteiger partial charge in [-0.1, -0.05) is 18.2 Å². The largest absolute Gasteiger partial charge is 0.326 e. The zero-order chi connectivity index (χ0) is 17.9. The third-order valence-electron chi connectivity index (χ3n) is 4.27. The van der Waals surface area contributed by atoms with Gasteiger partial charge in [0.1, 0.15) is 0 Å². The molecular weight excluding hydrogens is 328 g/mol. The van der Waals surface area contributed by atoms with Crippen LogP contribution in [0, 0.1) is 5.92 Å². The summed E-state index contributed by atoms with van der Waals surface area (Å²) in [4.78, 5) is 24.4. The first-order valence-corrected chi connectivity index (χ1v) is 8.51. The highest BCUT2D eigenvalue weighted by atomic mass is 16.2. The normalized spacial score (nSPS) is 13.2. The van der Waals surface area contributed by atoms with Crippen LogP contribution in [0.25, 0.3) is 11.3 Å². The van der Waals surface area contributed by atoms with Crippen LogP contribution in [0.2, 0.25) is 0 Å². The summed E-state index contributed by atoms with van der Waals surface area (Å²) in [6, 6.07) is 16.4. The molecule has 1 aromatic heterocycles. The Morgan fingerprint density at radius 2 is 1.73 bits per heavy atom. The molecule has 0 unspecified atom stereocenters. The smallest absolute Gasteiger partial charge is 0.255 e. The molecule has 2 amide bonds. The highest BCUT2D eigenvalue weighted by molar-refractivity contribution is 6.05. The van der Waals surface area contributed by atoms with Crippen LogP contribution in [0.1, 0.15) is 23.2 Å². The molecule has 0 saturated heterocycles. The van der Waals surface area contributed by atoms with E-state index in [4.69, 9.17) is 0 Å². The Morgan fingerprint density at radius 1 is 0.962 bits per heavy atom. The highest BCUT2D eigenvalue weighted by Crippen LogP contribution is 2.30. The summed E-state index contributed by atoms with van der Waals surface area (Å²) in [5.74, 6) is -0.0817. The van der Waals surface area contributed by atoms with E-state index in [-0.39, 0.29) is 17.7 Å². The molecule has 1 aliphatic carbocycles. The monoisotopic (exact) mass is 346 g/mol. The van der Waals surface area contributed by atoms with Crippen molar-refractivity contribution in [1.82, 2.24) is 10.2 Å². The van der Waals surface area contributed by atoms with Gasteiger partial charge in [-0.3, -0.25) is 14.7 Å². The van der Waals surface area contributed by atoms with Crippen LogP contribution < -0.4 is 10.6 Å². The molecule has 0 aliphatic heterocycles. The summed E-state index contributed by atoms with van der Waals surface area (Å²) in [6.07, 6.45) is 3.57. The van der Waals surface area contributed by atoms with Crippen LogP contribution in [-0.4, -0.2) is 22.0 Å². The van der Waals surface area contributed by atoms with Crippen molar-refractivity contribution in [2.75, 3.05) is 10.6 Å². The lowest BCUT2D eigenvalue weighted by molar-refractivity contribution is -0.117. The zero-order valence-electron chi connectivity index (χ0n) is 14.0. The van der Waals surface area contributed by atoms with Crippen molar-refractivity contribution >= 4 is 23.2 Å². The molecule has 0 bridgehead atoms. The number of benzene rings is 2. The molecule has 1 heterocycles. The van der Waals surface area contributed by atoms with Gasteiger partial charge in [0.05, 0.1) is 5.69 Å². The number of aromatic nitrogens is 2. The SMILES string of the molecule is O=C(Nc1cccc(-c2ccn[nH]2)c1)c1cccc(NC(=O)C2CC2)c1. The van der Waals surface area contributed by atoms with Crippen LogP contribution in [0.3, 0.4) is 0 Å². The number of rotatable bonds is 5. The van der Waals surface area contributed by atoms with E-state index in [1.54, 1.807) is 30.5 Å². The Balaban J connectivity index is 1.48. The molecule has 1 fully saturated rings. The third-order valence-corrected chi connectivity index (χ3v) is 4.27. The van der Waals surface area contributed by atoms with Gasteiger partial charge in [0.25, 0.3) is 5.91 Å². The summed E-state index contributed by atoms with van der Waals surface area (Å²) in [7, 11) is 0. The third kappa shape index (κ3) is 3.64. The summed E-state index contributed by atoms with van der Waals surface area (Å²) in [5.41, 5.74) is 3.64. The van der Waals surface area contributed by atoms with Gasteiger partial charge in [0, 0.05) is 34.6 Å². The molecule has 4 rings (SSSR count). The molecule has 6 heteroatoms. The Morgan fingerprint density at radius 3 is 2.46 bits per heavy atom. The van der Waals surface area contributed by atoms with E-state index in [2.05, 4.69) is 20.8 Å². The van der Waals surface area contributed by atoms with Crippen LogP contribution in [0.4, 0.5) is 11.4 Å². The predicted octanol–water partition coefficient (Wildman–Crippen LogP) is 3.68. The van der Waals surface area contributed by atoms with Crippen molar-refractivity contribution in [3.8, 4) is 11.3 Å². The second-order valence-corrected chi connectivity index (χ2v) is 6.35. The van der Waals surface area contributed by atoms with E-state index in [1.165, 1.54) is 0 Å². The van der Waals surface area contributed by atoms with Gasteiger partial charge < -0.3 is 10.6 Å². The number of aromatic amines is 1. The molecule has 1 saturated carbocycles. The number of hydrogen-bond donors (Lipinski definition) is 3. The van der Waals surface area contributed by atoms with Crippen LogP contribution in [0.5, 0.6) is 0 Å². The van der Waals surface area contributed by atoms with Gasteiger partial charge in [-0.05, 0) is 49.2 Å². The summed E-state index contributed by atoms with van der Waals surface area (Å²) in [6.45, 7) is 0. The fraction of sp³-hybridized carbons (Fsp3) is 0.150. The number of nitrogens with one attached hydrogen (secondary N) is 3. The lowest BCUT2D eigenvalue weighted by atomic mass is 10.1. The molecule has 3 N–H and O–H groups in total. The maximum atomic E-state index is 12.6. The van der Waals surface area contributed by atoms with Gasteiger partial charge in [-0.15, -0.1) is 0 Å². The fourth-order valence-electron chi connectivity index (χ4n) is 2.71. The fourth-order valence-corrected chi connectivity index (χ4v) is 2.71. The Bertz CT molecular complexity index is 946. The van der Waals surface area contributed by atoms with E-state index in [1.807, 2.05) is 30.3 Å². The van der Waals surface area contributed by atoms with Gasteiger partial charge >= 0.3 is 0 Å². The van der Waals surface area contributed by atoms with Crippen molar-refractivity contribution in [2.45, 2.75) is 12.8 Å². The van der Waals surface area contributed by atoms with Crippen molar-refractivity contribution in [1.29, 1.82) is 0 Å². The van der Waals surface area contributed by atoms with Gasteiger partial charge in [0.2, 0.25) is 5.91 Å². The molecule has 0 atom stereocenters. The van der Waals surface area contributed by atoms with Crippen molar-refractivity contribution in [3.05, 3.63) is 66.4 Å². The molecule has 26 heavy (non-hydrogen) atoms. The molecule has 0 radical (unpaired) electrons. The van der Waals surface area contributed by atoms with Gasteiger partial charge in [-0.2, -0.15) is 5.10 Å². The van der Waals surface area contributed by atoms with E-state index in [0.29, 0.717) is 16.9 Å². The first-order valence-electron chi connectivity index (χ1n) is 8.51. The maximum absolute atomic E-state index is 12.6. The maximum Gasteiger partial charge on any atom is 0.255 e. The lowest BCUT2D eigenvalue weighted by Gasteiger charge is -2.09. The predicted molar refractivity (Wildman–Crippen MR) is 99.8 cm³/mol. The van der Waals surface area contributed by atoms with Crippen LogP contribution in [0.15, 0.2) is 60.8 Å². The Hall–Kier alpha value is -3.41. The lowest BCUT2D eigenvalue weighted by Crippen LogP contribution is -2.15. The quantitative estimate of drug-likeness (QED) is 0.659. The molecular formula is C20H18N4O2. The first kappa shape index (κ1) is 16.1. The van der Waals surface area contributed by atoms with Gasteiger partial charge in [-0.25, -0.2) is 0 Å². The van der Waals surface area contributed by atoms with Gasteiger partial charge in [0.15, 0.2) is 0 Å². The summed E-state index contributed by atoms with van der Waals surface area (Å²) in [5, 5.41) is 12.6. The number of carbonyl (C=O) groups is 2. The molecule has 3 aromatic rings. The minimum absolute atomic E-state index is 0.0230. The number of amides is 2. The van der Waals surface area contributed by atoms with E-state index < -0.39 is 0 Å². The number of carbonyl (C=O) groups excluding carboxylic acids is 2. The number of H-pyrrole nitrogens is 1. The summed E-state index contributed by atoms with van der Waals surface area (Å²) >= 11 is 0. The number of anilines is 2. The number of hydrogen-bond acceptors (Lipinski definition) is 3. The molecule has 0 spiro atoms. The average Bonchev–Trinajstić information content (AvgIpc) is 3.37. The zero-order valence-corrected chi connectivity index (χ0v) is 14.0. The summed E-state index contributed by atoms with van der Waals surface area (Å²) < 4.78 is 0.